The first-order valence-electron chi connectivity index (χ1n) is 6.23. The van der Waals surface area contributed by atoms with Crippen molar-refractivity contribution in [3.8, 4) is 11.5 Å². The van der Waals surface area contributed by atoms with E-state index in [0.717, 1.165) is 6.26 Å². The monoisotopic (exact) mass is 310 g/mol. The first-order chi connectivity index (χ1) is 9.77. The van der Waals surface area contributed by atoms with Crippen LogP contribution in [0.1, 0.15) is 18.6 Å². The number of aliphatic hydroxyl groups excluding tert-OH is 1. The maximum atomic E-state index is 13.2. The molecule has 1 N–H and O–H groups in total. The largest absolute Gasteiger partial charge is 0.457 e. The van der Waals surface area contributed by atoms with Gasteiger partial charge in [0.15, 0.2) is 9.84 Å². The van der Waals surface area contributed by atoms with Crippen LogP contribution in [0.2, 0.25) is 0 Å². The summed E-state index contributed by atoms with van der Waals surface area (Å²) in [5.74, 6) is 0.250. The second-order valence-corrected chi connectivity index (χ2v) is 6.72. The molecule has 0 aliphatic heterocycles. The summed E-state index contributed by atoms with van der Waals surface area (Å²) in [5.41, 5.74) is 0.321. The van der Waals surface area contributed by atoms with Gasteiger partial charge in [0.05, 0.1) is 11.0 Å². The minimum Gasteiger partial charge on any atom is -0.457 e. The minimum atomic E-state index is -3.26. The van der Waals surface area contributed by atoms with E-state index in [1.807, 2.05) is 0 Å². The van der Waals surface area contributed by atoms with E-state index in [0.29, 0.717) is 17.1 Å². The lowest BCUT2D eigenvalue weighted by atomic mass is 10.1. The third kappa shape index (κ3) is 3.80. The van der Waals surface area contributed by atoms with E-state index in [1.165, 1.54) is 49.4 Å². The first-order valence-corrected chi connectivity index (χ1v) is 8.12. The highest BCUT2D eigenvalue weighted by atomic mass is 32.2. The van der Waals surface area contributed by atoms with Crippen molar-refractivity contribution < 1.29 is 22.7 Å². The van der Waals surface area contributed by atoms with E-state index in [2.05, 4.69) is 0 Å². The summed E-state index contributed by atoms with van der Waals surface area (Å²) in [7, 11) is -3.26. The number of sulfone groups is 1. The van der Waals surface area contributed by atoms with Gasteiger partial charge >= 0.3 is 0 Å². The molecule has 0 aliphatic rings. The number of hydrogen-bond acceptors (Lipinski definition) is 4. The Kier molecular flexibility index (Phi) is 4.29. The van der Waals surface area contributed by atoms with Crippen LogP contribution >= 0.6 is 0 Å². The van der Waals surface area contributed by atoms with Gasteiger partial charge in [-0.25, -0.2) is 12.8 Å². The summed E-state index contributed by atoms with van der Waals surface area (Å²) < 4.78 is 41.5. The molecule has 0 aliphatic carbocycles. The lowest BCUT2D eigenvalue weighted by Gasteiger charge is -2.13. The zero-order chi connectivity index (χ0) is 15.6. The Morgan fingerprint density at radius 1 is 1.14 bits per heavy atom. The molecule has 0 fully saturated rings. The predicted octanol–water partition coefficient (Wildman–Crippen LogP) is 3.07. The molecule has 0 spiro atoms. The van der Waals surface area contributed by atoms with Crippen molar-refractivity contribution in [2.24, 2.45) is 0 Å². The third-order valence-electron chi connectivity index (χ3n) is 2.90. The Labute approximate surface area is 122 Å². The zero-order valence-corrected chi connectivity index (χ0v) is 12.4. The normalized spacial score (nSPS) is 13.0. The Morgan fingerprint density at radius 3 is 2.29 bits per heavy atom. The fourth-order valence-electron chi connectivity index (χ4n) is 1.82. The smallest absolute Gasteiger partial charge is 0.175 e. The summed E-state index contributed by atoms with van der Waals surface area (Å²) in [6.07, 6.45) is 0.236. The van der Waals surface area contributed by atoms with Crippen LogP contribution in [-0.4, -0.2) is 19.8 Å². The average Bonchev–Trinajstić information content (AvgIpc) is 2.40. The Balaban J connectivity index is 2.30. The minimum absolute atomic E-state index is 0.185. The van der Waals surface area contributed by atoms with Crippen LogP contribution in [0.3, 0.4) is 0 Å². The molecule has 2 aromatic rings. The molecule has 21 heavy (non-hydrogen) atoms. The van der Waals surface area contributed by atoms with Crippen LogP contribution in [0, 0.1) is 5.82 Å². The molecule has 0 bridgehead atoms. The second kappa shape index (κ2) is 5.83. The van der Waals surface area contributed by atoms with Gasteiger partial charge in [0, 0.05) is 11.8 Å². The van der Waals surface area contributed by atoms with Crippen molar-refractivity contribution in [2.75, 3.05) is 6.26 Å². The molecule has 1 atom stereocenters. The van der Waals surface area contributed by atoms with Gasteiger partial charge in [0.25, 0.3) is 0 Å². The summed E-state index contributed by atoms with van der Waals surface area (Å²) in [5, 5.41) is 9.63. The van der Waals surface area contributed by atoms with E-state index in [1.54, 1.807) is 0 Å². The lowest BCUT2D eigenvalue weighted by molar-refractivity contribution is 0.195. The highest BCUT2D eigenvalue weighted by Gasteiger charge is 2.12. The Morgan fingerprint density at radius 2 is 1.76 bits per heavy atom. The first kappa shape index (κ1) is 15.5. The molecule has 0 unspecified atom stereocenters. The van der Waals surface area contributed by atoms with Crippen LogP contribution in [0.4, 0.5) is 4.39 Å². The SMILES string of the molecule is C[C@@H](O)c1cc(F)ccc1Oc1ccc(S(C)(=O)=O)cc1. The molecule has 0 saturated heterocycles. The molecule has 6 heteroatoms. The van der Waals surface area contributed by atoms with Crippen LogP contribution in [0.25, 0.3) is 0 Å². The number of benzene rings is 2. The van der Waals surface area contributed by atoms with Crippen LogP contribution in [0.15, 0.2) is 47.4 Å². The molecule has 112 valence electrons. The predicted molar refractivity (Wildman–Crippen MR) is 76.7 cm³/mol. The Hall–Kier alpha value is -1.92. The van der Waals surface area contributed by atoms with Crippen molar-refractivity contribution in [2.45, 2.75) is 17.9 Å². The number of rotatable bonds is 4. The van der Waals surface area contributed by atoms with E-state index < -0.39 is 21.8 Å². The van der Waals surface area contributed by atoms with Gasteiger partial charge in [0.1, 0.15) is 17.3 Å². The number of hydrogen-bond donors (Lipinski definition) is 1. The summed E-state index contributed by atoms with van der Waals surface area (Å²) in [6.45, 7) is 1.51. The molecular formula is C15H15FO4S. The van der Waals surface area contributed by atoms with E-state index >= 15 is 0 Å². The van der Waals surface area contributed by atoms with Crippen molar-refractivity contribution >= 4 is 9.84 Å². The van der Waals surface area contributed by atoms with E-state index in [-0.39, 0.29) is 4.90 Å². The van der Waals surface area contributed by atoms with Gasteiger partial charge < -0.3 is 9.84 Å². The zero-order valence-electron chi connectivity index (χ0n) is 11.6. The Bertz CT molecular complexity index is 737. The van der Waals surface area contributed by atoms with Crippen molar-refractivity contribution in [3.63, 3.8) is 0 Å². The van der Waals surface area contributed by atoms with E-state index in [9.17, 15) is 17.9 Å². The van der Waals surface area contributed by atoms with Gasteiger partial charge in [-0.3, -0.25) is 0 Å². The molecule has 4 nitrogen and oxygen atoms in total. The van der Waals surface area contributed by atoms with Crippen molar-refractivity contribution in [3.05, 3.63) is 53.8 Å². The second-order valence-electron chi connectivity index (χ2n) is 4.70. The molecule has 0 aromatic heterocycles. The fourth-order valence-corrected chi connectivity index (χ4v) is 2.45. The van der Waals surface area contributed by atoms with Gasteiger partial charge in [0.2, 0.25) is 0 Å². The van der Waals surface area contributed by atoms with Crippen LogP contribution < -0.4 is 4.74 Å². The van der Waals surface area contributed by atoms with Crippen molar-refractivity contribution in [1.29, 1.82) is 0 Å². The van der Waals surface area contributed by atoms with E-state index in [4.69, 9.17) is 4.74 Å². The number of halogens is 1. The molecule has 0 heterocycles. The van der Waals surface area contributed by atoms with Gasteiger partial charge in [-0.05, 0) is 49.4 Å². The van der Waals surface area contributed by atoms with Gasteiger partial charge in [-0.15, -0.1) is 0 Å². The fraction of sp³-hybridized carbons (Fsp3) is 0.200. The molecule has 2 aromatic carbocycles. The van der Waals surface area contributed by atoms with Crippen LogP contribution in [0.5, 0.6) is 11.5 Å². The summed E-state index contributed by atoms with van der Waals surface area (Å²) >= 11 is 0. The summed E-state index contributed by atoms with van der Waals surface area (Å²) in [6, 6.07) is 9.71. The van der Waals surface area contributed by atoms with Gasteiger partial charge in [-0.2, -0.15) is 0 Å². The molecule has 0 amide bonds. The number of ether oxygens (including phenoxy) is 1. The quantitative estimate of drug-likeness (QED) is 0.942. The van der Waals surface area contributed by atoms with Crippen molar-refractivity contribution in [1.82, 2.24) is 0 Å². The molecule has 0 radical (unpaired) electrons. The highest BCUT2D eigenvalue weighted by molar-refractivity contribution is 7.90. The third-order valence-corrected chi connectivity index (χ3v) is 4.03. The maximum Gasteiger partial charge on any atom is 0.175 e. The molecular weight excluding hydrogens is 295 g/mol. The highest BCUT2D eigenvalue weighted by Crippen LogP contribution is 2.30. The van der Waals surface area contributed by atoms with Crippen LogP contribution in [-0.2, 0) is 9.84 Å². The average molecular weight is 310 g/mol. The lowest BCUT2D eigenvalue weighted by Crippen LogP contribution is -1.98. The topological polar surface area (TPSA) is 63.6 Å². The molecule has 0 saturated carbocycles. The molecule has 2 rings (SSSR count). The standard InChI is InChI=1S/C15H15FO4S/c1-10(17)14-9-11(16)3-8-15(14)20-12-4-6-13(7-5-12)21(2,18)19/h3-10,17H,1-2H3/t10-/m1/s1. The van der Waals surface area contributed by atoms with Gasteiger partial charge in [-0.1, -0.05) is 0 Å². The maximum absolute atomic E-state index is 13.2. The summed E-state index contributed by atoms with van der Waals surface area (Å²) in [4.78, 5) is 0.185. The number of aliphatic hydroxyl groups is 1.